The first kappa shape index (κ1) is 11.0. The van der Waals surface area contributed by atoms with Gasteiger partial charge >= 0.3 is 0 Å². The molecule has 0 aliphatic rings. The van der Waals surface area contributed by atoms with E-state index in [0.717, 1.165) is 10.9 Å². The lowest BCUT2D eigenvalue weighted by Crippen LogP contribution is -1.88. The number of hydrogen-bond acceptors (Lipinski definition) is 3. The molecule has 0 fully saturated rings. The molecule has 14 heavy (non-hydrogen) atoms. The van der Waals surface area contributed by atoms with Gasteiger partial charge in [-0.05, 0) is 12.1 Å². The zero-order valence-electron chi connectivity index (χ0n) is 7.40. The molecule has 0 radical (unpaired) electrons. The minimum absolute atomic E-state index is 0. The highest BCUT2D eigenvalue weighted by Gasteiger charge is 2.04. The van der Waals surface area contributed by atoms with Gasteiger partial charge in [0.1, 0.15) is 22.7 Å². The monoisotopic (exact) mass is 230 g/mol. The number of nitrogens with zero attached hydrogens (tertiary/aromatic N) is 2. The molecule has 2 rings (SSSR count). The Morgan fingerprint density at radius 1 is 1.29 bits per heavy atom. The summed E-state index contributed by atoms with van der Waals surface area (Å²) in [5.74, 6) is 0.710. The van der Waals surface area contributed by atoms with E-state index in [-0.39, 0.29) is 12.4 Å². The Kier molecular flexibility index (Phi) is 3.49. The van der Waals surface area contributed by atoms with Crippen LogP contribution >= 0.6 is 24.0 Å². The molecule has 3 nitrogen and oxygen atoms in total. The fourth-order valence-electron chi connectivity index (χ4n) is 1.19. The van der Waals surface area contributed by atoms with Crippen molar-refractivity contribution >= 4 is 34.9 Å². The molecule has 0 aliphatic carbocycles. The van der Waals surface area contributed by atoms with Crippen LogP contribution in [0.3, 0.4) is 0 Å². The molecule has 0 amide bonds. The molecule has 0 atom stereocenters. The third-order valence-electron chi connectivity index (χ3n) is 1.80. The van der Waals surface area contributed by atoms with Crippen molar-refractivity contribution in [1.82, 2.24) is 9.97 Å². The van der Waals surface area contributed by atoms with Crippen LogP contribution in [-0.4, -0.2) is 17.1 Å². The molecule has 1 aromatic heterocycles. The largest absolute Gasteiger partial charge is 0.494 e. The lowest BCUT2D eigenvalue weighted by atomic mass is 10.2. The normalized spacial score (nSPS) is 9.57. The average Bonchev–Trinajstić information content (AvgIpc) is 2.18. The molecule has 5 heteroatoms. The number of para-hydroxylation sites is 1. The summed E-state index contributed by atoms with van der Waals surface area (Å²) in [6.45, 7) is 0. The van der Waals surface area contributed by atoms with E-state index >= 15 is 0 Å². The Hall–Kier alpha value is -1.06. The molecule has 0 saturated carbocycles. The van der Waals surface area contributed by atoms with Gasteiger partial charge < -0.3 is 4.74 Å². The molecule has 0 bridgehead atoms. The lowest BCUT2D eigenvalue weighted by molar-refractivity contribution is 0.419. The highest BCUT2D eigenvalue weighted by molar-refractivity contribution is 6.34. The Balaban J connectivity index is 0.000000980. The smallest absolute Gasteiger partial charge is 0.145 e. The van der Waals surface area contributed by atoms with E-state index in [0.29, 0.717) is 10.9 Å². The third-order valence-corrected chi connectivity index (χ3v) is 2.10. The van der Waals surface area contributed by atoms with E-state index in [9.17, 15) is 0 Å². The molecule has 2 aromatic rings. The molecule has 0 saturated heterocycles. The summed E-state index contributed by atoms with van der Waals surface area (Å²) >= 11 is 5.88. The Bertz CT molecular complexity index is 448. The van der Waals surface area contributed by atoms with Crippen LogP contribution in [0.1, 0.15) is 0 Å². The number of ether oxygens (including phenoxy) is 1. The van der Waals surface area contributed by atoms with Crippen molar-refractivity contribution in [3.8, 4) is 5.75 Å². The maximum atomic E-state index is 5.88. The van der Waals surface area contributed by atoms with Crippen molar-refractivity contribution in [3.63, 3.8) is 0 Å². The second-order valence-electron chi connectivity index (χ2n) is 2.52. The SMILES string of the molecule is COc1cccc2c(Cl)ncnc12.Cl. The van der Waals surface area contributed by atoms with Crippen LogP contribution in [-0.2, 0) is 0 Å². The first-order chi connectivity index (χ1) is 6.33. The van der Waals surface area contributed by atoms with Crippen molar-refractivity contribution in [2.75, 3.05) is 7.11 Å². The number of rotatable bonds is 1. The number of halogens is 2. The molecule has 0 unspecified atom stereocenters. The molecule has 1 aromatic carbocycles. The fourth-order valence-corrected chi connectivity index (χ4v) is 1.39. The van der Waals surface area contributed by atoms with Crippen molar-refractivity contribution in [3.05, 3.63) is 29.7 Å². The van der Waals surface area contributed by atoms with Gasteiger partial charge in [0, 0.05) is 5.39 Å². The predicted molar refractivity (Wildman–Crippen MR) is 58.3 cm³/mol. The zero-order chi connectivity index (χ0) is 9.26. The summed E-state index contributed by atoms with van der Waals surface area (Å²) in [6, 6.07) is 5.56. The van der Waals surface area contributed by atoms with Crippen LogP contribution in [0, 0.1) is 0 Å². The van der Waals surface area contributed by atoms with Crippen LogP contribution in [0.4, 0.5) is 0 Å². The van der Waals surface area contributed by atoms with Crippen molar-refractivity contribution in [1.29, 1.82) is 0 Å². The van der Waals surface area contributed by atoms with Crippen LogP contribution in [0.2, 0.25) is 5.15 Å². The maximum absolute atomic E-state index is 5.88. The summed E-state index contributed by atoms with van der Waals surface area (Å²) in [6.07, 6.45) is 1.42. The Morgan fingerprint density at radius 3 is 2.79 bits per heavy atom. The number of fused-ring (bicyclic) bond motifs is 1. The van der Waals surface area contributed by atoms with Gasteiger partial charge in [-0.1, -0.05) is 17.7 Å². The molecule has 1 heterocycles. The van der Waals surface area contributed by atoms with Gasteiger partial charge in [-0.2, -0.15) is 0 Å². The highest BCUT2D eigenvalue weighted by Crippen LogP contribution is 2.26. The van der Waals surface area contributed by atoms with Gasteiger partial charge in [-0.15, -0.1) is 12.4 Å². The van der Waals surface area contributed by atoms with Crippen LogP contribution in [0.25, 0.3) is 10.9 Å². The Morgan fingerprint density at radius 2 is 2.07 bits per heavy atom. The second-order valence-corrected chi connectivity index (χ2v) is 2.88. The first-order valence-electron chi connectivity index (χ1n) is 3.76. The topological polar surface area (TPSA) is 35.0 Å². The van der Waals surface area contributed by atoms with Crippen LogP contribution in [0.5, 0.6) is 5.75 Å². The molecule has 0 N–H and O–H groups in total. The van der Waals surface area contributed by atoms with Crippen molar-refractivity contribution in [2.45, 2.75) is 0 Å². The number of methoxy groups -OCH3 is 1. The highest BCUT2D eigenvalue weighted by atomic mass is 35.5. The predicted octanol–water partition coefficient (Wildman–Crippen LogP) is 2.71. The van der Waals surface area contributed by atoms with E-state index in [1.54, 1.807) is 7.11 Å². The van der Waals surface area contributed by atoms with Gasteiger partial charge in [0.05, 0.1) is 7.11 Å². The van der Waals surface area contributed by atoms with Crippen LogP contribution in [0.15, 0.2) is 24.5 Å². The van der Waals surface area contributed by atoms with E-state index in [1.165, 1.54) is 6.33 Å². The number of aromatic nitrogens is 2. The summed E-state index contributed by atoms with van der Waals surface area (Å²) < 4.78 is 5.13. The summed E-state index contributed by atoms with van der Waals surface area (Å²) in [7, 11) is 1.60. The van der Waals surface area contributed by atoms with E-state index in [1.807, 2.05) is 18.2 Å². The van der Waals surface area contributed by atoms with E-state index in [4.69, 9.17) is 16.3 Å². The lowest BCUT2D eigenvalue weighted by Gasteiger charge is -2.03. The molecular formula is C9H8Cl2N2O. The van der Waals surface area contributed by atoms with Gasteiger partial charge in [0.15, 0.2) is 0 Å². The quantitative estimate of drug-likeness (QED) is 0.707. The first-order valence-corrected chi connectivity index (χ1v) is 4.14. The average molecular weight is 231 g/mol. The number of hydrogen-bond donors (Lipinski definition) is 0. The summed E-state index contributed by atoms with van der Waals surface area (Å²) in [5, 5.41) is 1.26. The van der Waals surface area contributed by atoms with Crippen molar-refractivity contribution < 1.29 is 4.74 Å². The Labute approximate surface area is 92.5 Å². The minimum atomic E-state index is 0. The molecule has 0 aliphatic heterocycles. The van der Waals surface area contributed by atoms with Gasteiger partial charge in [-0.25, -0.2) is 9.97 Å². The molecule has 74 valence electrons. The second kappa shape index (κ2) is 4.44. The number of benzene rings is 1. The van der Waals surface area contributed by atoms with Crippen LogP contribution < -0.4 is 4.74 Å². The zero-order valence-corrected chi connectivity index (χ0v) is 8.97. The minimum Gasteiger partial charge on any atom is -0.494 e. The third kappa shape index (κ3) is 1.74. The van der Waals surface area contributed by atoms with Gasteiger partial charge in [-0.3, -0.25) is 0 Å². The summed E-state index contributed by atoms with van der Waals surface area (Å²) in [5.41, 5.74) is 0.741. The molecular weight excluding hydrogens is 223 g/mol. The van der Waals surface area contributed by atoms with Gasteiger partial charge in [0.2, 0.25) is 0 Å². The van der Waals surface area contributed by atoms with Gasteiger partial charge in [0.25, 0.3) is 0 Å². The summed E-state index contributed by atoms with van der Waals surface area (Å²) in [4.78, 5) is 7.97. The van der Waals surface area contributed by atoms with Crippen molar-refractivity contribution in [2.24, 2.45) is 0 Å². The van der Waals surface area contributed by atoms with E-state index in [2.05, 4.69) is 9.97 Å². The fraction of sp³-hybridized carbons (Fsp3) is 0.111. The molecule has 0 spiro atoms. The standard InChI is InChI=1S/C9H7ClN2O.ClH/c1-13-7-4-2-3-6-8(7)11-5-12-9(6)10;/h2-5H,1H3;1H. The van der Waals surface area contributed by atoms with E-state index < -0.39 is 0 Å². The maximum Gasteiger partial charge on any atom is 0.145 e.